The molecule has 1 aromatic heterocycles. The fourth-order valence-electron chi connectivity index (χ4n) is 5.08. The number of nitrogens with zero attached hydrogens (tertiary/aromatic N) is 1. The largest absolute Gasteiger partial charge is 0.480 e. The number of unbranched alkanes of at least 4 members (excludes halogenated alkanes) is 2. The molecule has 1 heterocycles. The number of aryl methyl sites for hydroxylation is 3. The lowest BCUT2D eigenvalue weighted by Crippen LogP contribution is -2.53. The van der Waals surface area contributed by atoms with Crippen molar-refractivity contribution in [1.82, 2.24) is 4.98 Å². The lowest BCUT2D eigenvalue weighted by Gasteiger charge is -2.37. The van der Waals surface area contributed by atoms with Gasteiger partial charge in [-0.25, -0.2) is 0 Å². The standard InChI is InChI=1S/C29H39NO6/c1-7-10-11-15-23(31)25(26(36-9-3)29(8-2,27(32)33)28(34)35)22-14-12-13-21(30-22)24-19(5)16-18(4)17-20(24)6/h12-14,16-17,25-26H,7-11,15H2,1-6H3,(H,32,33)(H,34,35). The maximum atomic E-state index is 13.7. The third-order valence-electron chi connectivity index (χ3n) is 6.85. The molecule has 2 N–H and O–H groups in total. The van der Waals surface area contributed by atoms with E-state index < -0.39 is 29.4 Å². The van der Waals surface area contributed by atoms with Crippen molar-refractivity contribution in [3.63, 3.8) is 0 Å². The number of carbonyl (C=O) groups is 3. The van der Waals surface area contributed by atoms with E-state index in [-0.39, 0.29) is 25.2 Å². The quantitative estimate of drug-likeness (QED) is 0.247. The molecule has 2 unspecified atom stereocenters. The van der Waals surface area contributed by atoms with Crippen molar-refractivity contribution in [3.8, 4) is 11.3 Å². The summed E-state index contributed by atoms with van der Waals surface area (Å²) >= 11 is 0. The van der Waals surface area contributed by atoms with Crippen LogP contribution in [0.4, 0.5) is 0 Å². The number of ketones is 1. The van der Waals surface area contributed by atoms with Crippen LogP contribution in [-0.2, 0) is 19.1 Å². The minimum absolute atomic E-state index is 0.0571. The fourth-order valence-corrected chi connectivity index (χ4v) is 5.08. The second-order valence-corrected chi connectivity index (χ2v) is 9.43. The van der Waals surface area contributed by atoms with E-state index in [2.05, 4.69) is 12.1 Å². The lowest BCUT2D eigenvalue weighted by atomic mass is 9.71. The number of rotatable bonds is 14. The summed E-state index contributed by atoms with van der Waals surface area (Å²) in [5.74, 6) is -4.45. The Balaban J connectivity index is 2.76. The number of Topliss-reactive ketones (excluding diaryl/α,β-unsaturated/α-hetero) is 1. The number of hydrogen-bond donors (Lipinski definition) is 2. The normalized spacial score (nSPS) is 13.3. The van der Waals surface area contributed by atoms with Crippen LogP contribution < -0.4 is 0 Å². The molecule has 7 nitrogen and oxygen atoms in total. The van der Waals surface area contributed by atoms with Gasteiger partial charge in [0.2, 0.25) is 0 Å². The van der Waals surface area contributed by atoms with Crippen molar-refractivity contribution in [2.45, 2.75) is 85.7 Å². The molecule has 0 bridgehead atoms. The zero-order chi connectivity index (χ0) is 27.0. The highest BCUT2D eigenvalue weighted by atomic mass is 16.5. The first-order valence-corrected chi connectivity index (χ1v) is 12.7. The van der Waals surface area contributed by atoms with Crippen molar-refractivity contribution < 1.29 is 29.3 Å². The molecule has 0 amide bonds. The number of aromatic nitrogens is 1. The van der Waals surface area contributed by atoms with E-state index in [9.17, 15) is 24.6 Å². The van der Waals surface area contributed by atoms with Crippen LogP contribution in [0.15, 0.2) is 30.3 Å². The van der Waals surface area contributed by atoms with Crippen LogP contribution in [0.25, 0.3) is 11.3 Å². The maximum Gasteiger partial charge on any atom is 0.323 e. The zero-order valence-electron chi connectivity index (χ0n) is 22.3. The molecule has 0 saturated carbocycles. The number of carbonyl (C=O) groups excluding carboxylic acids is 1. The van der Waals surface area contributed by atoms with Gasteiger partial charge in [0.25, 0.3) is 0 Å². The van der Waals surface area contributed by atoms with Gasteiger partial charge in [0.1, 0.15) is 5.78 Å². The summed E-state index contributed by atoms with van der Waals surface area (Å²) in [5.41, 5.74) is 2.80. The highest BCUT2D eigenvalue weighted by Crippen LogP contribution is 2.40. The van der Waals surface area contributed by atoms with Gasteiger partial charge in [-0.3, -0.25) is 19.4 Å². The van der Waals surface area contributed by atoms with Gasteiger partial charge < -0.3 is 14.9 Å². The molecular weight excluding hydrogens is 458 g/mol. The molecule has 2 aromatic rings. The molecule has 0 aliphatic heterocycles. The van der Waals surface area contributed by atoms with Crippen LogP contribution in [0, 0.1) is 26.2 Å². The molecular formula is C29H39NO6. The van der Waals surface area contributed by atoms with Crippen molar-refractivity contribution in [2.75, 3.05) is 6.61 Å². The van der Waals surface area contributed by atoms with Gasteiger partial charge in [-0.05, 0) is 63.8 Å². The van der Waals surface area contributed by atoms with Gasteiger partial charge in [0.15, 0.2) is 5.41 Å². The highest BCUT2D eigenvalue weighted by Gasteiger charge is 2.57. The Labute approximate surface area is 213 Å². The number of carboxylic acids is 2. The number of ether oxygens (including phenoxy) is 1. The fraction of sp³-hybridized carbons (Fsp3) is 0.517. The minimum Gasteiger partial charge on any atom is -0.480 e. The number of carboxylic acid groups (broad SMARTS) is 2. The number of benzene rings is 1. The van der Waals surface area contributed by atoms with E-state index in [1.54, 1.807) is 19.1 Å². The Morgan fingerprint density at radius 2 is 1.58 bits per heavy atom. The highest BCUT2D eigenvalue weighted by molar-refractivity contribution is 6.00. The van der Waals surface area contributed by atoms with Crippen LogP contribution in [0.5, 0.6) is 0 Å². The lowest BCUT2D eigenvalue weighted by molar-refractivity contribution is -0.179. The summed E-state index contributed by atoms with van der Waals surface area (Å²) in [5, 5.41) is 20.2. The first-order valence-electron chi connectivity index (χ1n) is 12.7. The third kappa shape index (κ3) is 6.01. The van der Waals surface area contributed by atoms with Crippen molar-refractivity contribution in [1.29, 1.82) is 0 Å². The third-order valence-corrected chi connectivity index (χ3v) is 6.85. The van der Waals surface area contributed by atoms with E-state index in [1.165, 1.54) is 6.92 Å². The van der Waals surface area contributed by atoms with E-state index in [1.807, 2.05) is 33.8 Å². The smallest absolute Gasteiger partial charge is 0.323 e. The van der Waals surface area contributed by atoms with Crippen molar-refractivity contribution in [3.05, 3.63) is 52.7 Å². The Kier molecular flexibility index (Phi) is 10.3. The predicted octanol–water partition coefficient (Wildman–Crippen LogP) is 5.88. The zero-order valence-corrected chi connectivity index (χ0v) is 22.3. The van der Waals surface area contributed by atoms with Gasteiger partial charge >= 0.3 is 11.9 Å². The molecule has 2 atom stereocenters. The summed E-state index contributed by atoms with van der Waals surface area (Å²) in [4.78, 5) is 43.4. The topological polar surface area (TPSA) is 114 Å². The van der Waals surface area contributed by atoms with Crippen molar-refractivity contribution >= 4 is 17.7 Å². The first kappa shape index (κ1) is 29.2. The first-order chi connectivity index (χ1) is 17.0. The molecule has 0 fully saturated rings. The maximum absolute atomic E-state index is 13.7. The monoisotopic (exact) mass is 497 g/mol. The number of pyridine rings is 1. The molecule has 7 heteroatoms. The average Bonchev–Trinajstić information content (AvgIpc) is 2.79. The average molecular weight is 498 g/mol. The summed E-state index contributed by atoms with van der Waals surface area (Å²) in [7, 11) is 0. The van der Waals surface area contributed by atoms with Crippen LogP contribution in [0.3, 0.4) is 0 Å². The van der Waals surface area contributed by atoms with Gasteiger partial charge in [-0.1, -0.05) is 50.5 Å². The Hall–Kier alpha value is -3.06. The molecule has 0 saturated heterocycles. The molecule has 0 aliphatic rings. The van der Waals surface area contributed by atoms with Crippen molar-refractivity contribution in [2.24, 2.45) is 5.41 Å². The van der Waals surface area contributed by atoms with Gasteiger partial charge in [-0.15, -0.1) is 0 Å². The van der Waals surface area contributed by atoms with Crippen LogP contribution in [0.1, 0.15) is 81.2 Å². The van der Waals surface area contributed by atoms with Gasteiger partial charge in [0, 0.05) is 18.6 Å². The number of aliphatic carboxylic acids is 2. The van der Waals surface area contributed by atoms with Crippen LogP contribution in [-0.4, -0.2) is 45.6 Å². The number of hydrogen-bond acceptors (Lipinski definition) is 5. The summed E-state index contributed by atoms with van der Waals surface area (Å²) in [6.45, 7) is 11.3. The predicted molar refractivity (Wildman–Crippen MR) is 139 cm³/mol. The molecule has 0 radical (unpaired) electrons. The molecule has 36 heavy (non-hydrogen) atoms. The SMILES string of the molecule is CCCCCC(=O)C(c1cccc(-c2c(C)cc(C)cc2C)n1)C(OCC)C(CC)(C(=O)O)C(=O)O. The molecule has 196 valence electrons. The van der Waals surface area contributed by atoms with Gasteiger partial charge in [-0.2, -0.15) is 0 Å². The molecule has 0 aliphatic carbocycles. The Morgan fingerprint density at radius 1 is 0.972 bits per heavy atom. The molecule has 2 rings (SSSR count). The van der Waals surface area contributed by atoms with E-state index in [0.717, 1.165) is 35.1 Å². The van der Waals surface area contributed by atoms with Crippen LogP contribution >= 0.6 is 0 Å². The Bertz CT molecular complexity index is 1060. The minimum atomic E-state index is -2.30. The second kappa shape index (κ2) is 12.8. The van der Waals surface area contributed by atoms with Gasteiger partial charge in [0.05, 0.1) is 23.4 Å². The molecule has 1 aromatic carbocycles. The molecule has 0 spiro atoms. The second-order valence-electron chi connectivity index (χ2n) is 9.43. The summed E-state index contributed by atoms with van der Waals surface area (Å²) in [6, 6.07) is 9.42. The van der Waals surface area contributed by atoms with E-state index in [0.29, 0.717) is 17.8 Å². The Morgan fingerprint density at radius 3 is 2.08 bits per heavy atom. The summed E-state index contributed by atoms with van der Waals surface area (Å²) < 4.78 is 5.85. The van der Waals surface area contributed by atoms with E-state index in [4.69, 9.17) is 9.72 Å². The van der Waals surface area contributed by atoms with Crippen LogP contribution in [0.2, 0.25) is 0 Å². The summed E-state index contributed by atoms with van der Waals surface area (Å²) in [6.07, 6.45) is 0.908. The van der Waals surface area contributed by atoms with E-state index >= 15 is 0 Å².